The van der Waals surface area contributed by atoms with Gasteiger partial charge in [-0.3, -0.25) is 9.59 Å². The Morgan fingerprint density at radius 1 is 1.33 bits per heavy atom. The van der Waals surface area contributed by atoms with E-state index in [9.17, 15) is 14.7 Å². The molecule has 3 N–H and O–H groups in total. The average Bonchev–Trinajstić information content (AvgIpc) is 2.53. The van der Waals surface area contributed by atoms with Gasteiger partial charge >= 0.3 is 5.97 Å². The first-order chi connectivity index (χ1) is 11.4. The van der Waals surface area contributed by atoms with Crippen LogP contribution in [0.1, 0.15) is 32.3 Å². The minimum absolute atomic E-state index is 0.131. The third-order valence-electron chi connectivity index (χ3n) is 3.17. The Balaban J connectivity index is 2.48. The molecule has 1 aromatic carbocycles. The number of nitrogens with one attached hydrogen (secondary N) is 2. The zero-order valence-corrected chi connectivity index (χ0v) is 13.9. The molecule has 0 saturated carbocycles. The molecule has 1 atom stereocenters. The molecule has 0 spiro atoms. The lowest BCUT2D eigenvalue weighted by molar-refractivity contribution is -0.141. The van der Waals surface area contributed by atoms with Crippen LogP contribution in [0.25, 0.3) is 0 Å². The summed E-state index contributed by atoms with van der Waals surface area (Å²) in [5, 5.41) is 23.6. The van der Waals surface area contributed by atoms with Crippen LogP contribution in [0.5, 0.6) is 0 Å². The molecule has 1 aromatic rings. The third-order valence-corrected chi connectivity index (χ3v) is 3.17. The van der Waals surface area contributed by atoms with Crippen LogP contribution in [0, 0.1) is 11.3 Å². The van der Waals surface area contributed by atoms with Gasteiger partial charge in [-0.25, -0.2) is 0 Å². The Hall–Kier alpha value is -2.43. The molecule has 0 fully saturated rings. The molecule has 1 amide bonds. The van der Waals surface area contributed by atoms with Crippen LogP contribution in [0.4, 0.5) is 5.69 Å². The molecule has 1 rings (SSSR count). The lowest BCUT2D eigenvalue weighted by atomic mass is 10.1. The van der Waals surface area contributed by atoms with Crippen LogP contribution >= 0.6 is 0 Å². The molecule has 0 heterocycles. The summed E-state index contributed by atoms with van der Waals surface area (Å²) in [4.78, 5) is 23.3. The van der Waals surface area contributed by atoms with Crippen molar-refractivity contribution in [2.24, 2.45) is 0 Å². The SMILES string of the molecule is CC(C)OCCCNC(CC(=O)Nc1ccccc1C#N)C(=O)O. The van der Waals surface area contributed by atoms with Crippen molar-refractivity contribution in [2.45, 2.75) is 38.8 Å². The number of nitrogens with zero attached hydrogens (tertiary/aromatic N) is 1. The molecule has 0 aliphatic rings. The first-order valence-corrected chi connectivity index (χ1v) is 7.80. The highest BCUT2D eigenvalue weighted by atomic mass is 16.5. The van der Waals surface area contributed by atoms with Gasteiger partial charge in [0.1, 0.15) is 12.1 Å². The van der Waals surface area contributed by atoms with Gasteiger partial charge in [0.15, 0.2) is 0 Å². The van der Waals surface area contributed by atoms with Crippen LogP contribution in [0.15, 0.2) is 24.3 Å². The van der Waals surface area contributed by atoms with Gasteiger partial charge in [-0.15, -0.1) is 0 Å². The van der Waals surface area contributed by atoms with E-state index in [1.165, 1.54) is 0 Å². The molecule has 0 aliphatic carbocycles. The largest absolute Gasteiger partial charge is 0.480 e. The number of carbonyl (C=O) groups excluding carboxylic acids is 1. The molecule has 24 heavy (non-hydrogen) atoms. The van der Waals surface area contributed by atoms with Crippen molar-refractivity contribution >= 4 is 17.6 Å². The maximum absolute atomic E-state index is 12.0. The van der Waals surface area contributed by atoms with Crippen LogP contribution < -0.4 is 10.6 Å². The van der Waals surface area contributed by atoms with Gasteiger partial charge in [0.25, 0.3) is 0 Å². The third kappa shape index (κ3) is 7.22. The number of hydrogen-bond donors (Lipinski definition) is 3. The van der Waals surface area contributed by atoms with E-state index in [0.29, 0.717) is 30.8 Å². The fraction of sp³-hybridized carbons (Fsp3) is 0.471. The number of nitriles is 1. The Kier molecular flexibility index (Phi) is 8.47. The van der Waals surface area contributed by atoms with Crippen LogP contribution in [-0.4, -0.2) is 42.3 Å². The molecule has 0 aliphatic heterocycles. The minimum atomic E-state index is -1.09. The summed E-state index contributed by atoms with van der Waals surface area (Å²) in [6, 6.07) is 7.55. The first kappa shape index (κ1) is 19.6. The van der Waals surface area contributed by atoms with E-state index in [0.717, 1.165) is 0 Å². The molecule has 130 valence electrons. The highest BCUT2D eigenvalue weighted by Gasteiger charge is 2.21. The summed E-state index contributed by atoms with van der Waals surface area (Å²) < 4.78 is 5.37. The zero-order valence-electron chi connectivity index (χ0n) is 13.9. The van der Waals surface area contributed by atoms with Gasteiger partial charge < -0.3 is 20.5 Å². The Labute approximate surface area is 141 Å². The summed E-state index contributed by atoms with van der Waals surface area (Å²) in [5.74, 6) is -1.56. The predicted molar refractivity (Wildman–Crippen MR) is 89.5 cm³/mol. The van der Waals surface area contributed by atoms with E-state index in [1.54, 1.807) is 24.3 Å². The Bertz CT molecular complexity index is 596. The lowest BCUT2D eigenvalue weighted by Crippen LogP contribution is -2.40. The van der Waals surface area contributed by atoms with E-state index in [2.05, 4.69) is 10.6 Å². The number of anilines is 1. The van der Waals surface area contributed by atoms with Gasteiger partial charge in [0.2, 0.25) is 5.91 Å². The number of amides is 1. The normalized spacial score (nSPS) is 11.8. The fourth-order valence-electron chi connectivity index (χ4n) is 1.99. The van der Waals surface area contributed by atoms with Crippen LogP contribution in [0.3, 0.4) is 0 Å². The predicted octanol–water partition coefficient (Wildman–Crippen LogP) is 1.74. The van der Waals surface area contributed by atoms with E-state index in [4.69, 9.17) is 10.00 Å². The molecule has 0 radical (unpaired) electrons. The van der Waals surface area contributed by atoms with Crippen LogP contribution in [-0.2, 0) is 14.3 Å². The van der Waals surface area contributed by atoms with Gasteiger partial charge in [-0.1, -0.05) is 12.1 Å². The molecule has 1 unspecified atom stereocenters. The second kappa shape index (κ2) is 10.4. The molecule has 0 bridgehead atoms. The van der Waals surface area contributed by atoms with Gasteiger partial charge in [0, 0.05) is 6.61 Å². The van der Waals surface area contributed by atoms with E-state index in [-0.39, 0.29) is 12.5 Å². The van der Waals surface area contributed by atoms with Gasteiger partial charge in [0.05, 0.1) is 23.8 Å². The second-order valence-corrected chi connectivity index (χ2v) is 5.53. The van der Waals surface area contributed by atoms with Crippen molar-refractivity contribution in [3.8, 4) is 6.07 Å². The van der Waals surface area contributed by atoms with Crippen molar-refractivity contribution in [3.05, 3.63) is 29.8 Å². The number of benzene rings is 1. The summed E-state index contributed by atoms with van der Waals surface area (Å²) in [6.45, 7) is 4.82. The highest BCUT2D eigenvalue weighted by molar-refractivity contribution is 5.95. The smallest absolute Gasteiger partial charge is 0.321 e. The first-order valence-electron chi connectivity index (χ1n) is 7.80. The van der Waals surface area contributed by atoms with E-state index >= 15 is 0 Å². The molecule has 7 nitrogen and oxygen atoms in total. The fourth-order valence-corrected chi connectivity index (χ4v) is 1.99. The summed E-state index contributed by atoms with van der Waals surface area (Å²) in [5.41, 5.74) is 0.705. The van der Waals surface area contributed by atoms with Crippen molar-refractivity contribution in [3.63, 3.8) is 0 Å². The van der Waals surface area contributed by atoms with E-state index < -0.39 is 17.9 Å². The van der Waals surface area contributed by atoms with Gasteiger partial charge in [-0.05, 0) is 38.9 Å². The monoisotopic (exact) mass is 333 g/mol. The van der Waals surface area contributed by atoms with Crippen molar-refractivity contribution in [1.82, 2.24) is 5.32 Å². The second-order valence-electron chi connectivity index (χ2n) is 5.53. The lowest BCUT2D eigenvalue weighted by Gasteiger charge is -2.15. The quantitative estimate of drug-likeness (QED) is 0.562. The van der Waals surface area contributed by atoms with Crippen molar-refractivity contribution in [2.75, 3.05) is 18.5 Å². The highest BCUT2D eigenvalue weighted by Crippen LogP contribution is 2.14. The Morgan fingerprint density at radius 3 is 2.67 bits per heavy atom. The average molecular weight is 333 g/mol. The summed E-state index contributed by atoms with van der Waals surface area (Å²) in [7, 11) is 0. The molecule has 0 saturated heterocycles. The molecule has 0 aromatic heterocycles. The zero-order chi connectivity index (χ0) is 17.9. The summed E-state index contributed by atoms with van der Waals surface area (Å²) >= 11 is 0. The number of para-hydroxylation sites is 1. The number of hydrogen-bond acceptors (Lipinski definition) is 5. The standard InChI is InChI=1S/C17H23N3O4/c1-12(2)24-9-5-8-19-15(17(22)23)10-16(21)20-14-7-4-3-6-13(14)11-18/h3-4,6-7,12,15,19H,5,8-10H2,1-2H3,(H,20,21)(H,22,23). The summed E-state index contributed by atoms with van der Waals surface area (Å²) in [6.07, 6.45) is 0.562. The molecule has 7 heteroatoms. The number of carboxylic acid groups (broad SMARTS) is 1. The number of carboxylic acids is 1. The molecular formula is C17H23N3O4. The molecular weight excluding hydrogens is 310 g/mol. The maximum Gasteiger partial charge on any atom is 0.321 e. The van der Waals surface area contributed by atoms with Crippen molar-refractivity contribution in [1.29, 1.82) is 5.26 Å². The topological polar surface area (TPSA) is 111 Å². The van der Waals surface area contributed by atoms with E-state index in [1.807, 2.05) is 19.9 Å². The minimum Gasteiger partial charge on any atom is -0.480 e. The van der Waals surface area contributed by atoms with Gasteiger partial charge in [-0.2, -0.15) is 5.26 Å². The maximum atomic E-state index is 12.0. The van der Waals surface area contributed by atoms with Crippen LogP contribution in [0.2, 0.25) is 0 Å². The number of carbonyl (C=O) groups is 2. The number of rotatable bonds is 10. The number of ether oxygens (including phenoxy) is 1. The number of aliphatic carboxylic acids is 1. The van der Waals surface area contributed by atoms with Crippen molar-refractivity contribution < 1.29 is 19.4 Å². The Morgan fingerprint density at radius 2 is 2.04 bits per heavy atom.